The highest BCUT2D eigenvalue weighted by Crippen LogP contribution is 2.15. The van der Waals surface area contributed by atoms with Gasteiger partial charge in [0.25, 0.3) is 5.91 Å². The molecule has 0 spiro atoms. The van der Waals surface area contributed by atoms with Gasteiger partial charge in [0.1, 0.15) is 6.61 Å². The molecule has 0 fully saturated rings. The van der Waals surface area contributed by atoms with Crippen LogP contribution in [0.2, 0.25) is 0 Å². The van der Waals surface area contributed by atoms with Crippen molar-refractivity contribution in [2.75, 3.05) is 13.2 Å². The summed E-state index contributed by atoms with van der Waals surface area (Å²) < 4.78 is 0. The molecule has 1 amide bonds. The van der Waals surface area contributed by atoms with Crippen LogP contribution >= 0.6 is 11.3 Å². The lowest BCUT2D eigenvalue weighted by Crippen LogP contribution is -2.23. The molecule has 21 heavy (non-hydrogen) atoms. The van der Waals surface area contributed by atoms with Crippen LogP contribution in [0.25, 0.3) is 0 Å². The first-order valence-electron chi connectivity index (χ1n) is 6.67. The number of nitrogens with one attached hydrogen (secondary N) is 2. The summed E-state index contributed by atoms with van der Waals surface area (Å²) in [5.74, 6) is 5.27. The van der Waals surface area contributed by atoms with Gasteiger partial charge in [0, 0.05) is 12.2 Å². The van der Waals surface area contributed by atoms with Crippen LogP contribution in [0.15, 0.2) is 18.3 Å². The molecular formula is C15H17N3O2S. The number of aromatic nitrogens is 2. The minimum atomic E-state index is -0.174. The first-order valence-corrected chi connectivity index (χ1v) is 7.49. The van der Waals surface area contributed by atoms with Gasteiger partial charge in [-0.15, -0.1) is 11.3 Å². The number of aliphatic hydroxyl groups excluding tert-OH is 1. The molecule has 0 aromatic carbocycles. The van der Waals surface area contributed by atoms with Gasteiger partial charge in [-0.1, -0.05) is 11.8 Å². The van der Waals surface area contributed by atoms with Crippen LogP contribution in [0.4, 0.5) is 0 Å². The molecule has 0 unspecified atom stereocenters. The maximum atomic E-state index is 11.9. The summed E-state index contributed by atoms with van der Waals surface area (Å²) in [7, 11) is 0. The van der Waals surface area contributed by atoms with Gasteiger partial charge in [-0.05, 0) is 37.5 Å². The van der Waals surface area contributed by atoms with Crippen LogP contribution in [0.5, 0.6) is 0 Å². The molecule has 0 saturated carbocycles. The summed E-state index contributed by atoms with van der Waals surface area (Å²) in [5.41, 5.74) is 2.26. The van der Waals surface area contributed by atoms with E-state index in [2.05, 4.69) is 27.4 Å². The number of hydrogen-bond donors (Lipinski definition) is 3. The SMILES string of the molecule is Cc1[nH]ncc1CCCNC(=O)c1ccc(C#CCO)s1. The molecule has 2 aromatic heterocycles. The Bertz CT molecular complexity index is 664. The molecule has 0 bridgehead atoms. The first-order chi connectivity index (χ1) is 10.2. The van der Waals surface area contributed by atoms with E-state index in [0.29, 0.717) is 11.4 Å². The molecule has 2 rings (SSSR count). The third-order valence-electron chi connectivity index (χ3n) is 2.96. The number of rotatable bonds is 5. The predicted octanol–water partition coefficient (Wildman–Crippen LogP) is 1.49. The summed E-state index contributed by atoms with van der Waals surface area (Å²) in [6, 6.07) is 3.54. The molecule has 0 radical (unpaired) electrons. The topological polar surface area (TPSA) is 78.0 Å². The molecule has 3 N–H and O–H groups in total. The minimum absolute atomic E-state index is 0.0824. The second-order valence-electron chi connectivity index (χ2n) is 4.50. The standard InChI is InChI=1S/C15H17N3O2S/c1-11-12(10-17-18-11)4-2-8-16-15(20)14-7-6-13(21-14)5-3-9-19/h6-7,10,19H,2,4,8-9H2,1H3,(H,16,20)(H,17,18). The normalized spacial score (nSPS) is 10.0. The van der Waals surface area contributed by atoms with E-state index in [1.54, 1.807) is 12.1 Å². The number of nitrogens with zero attached hydrogens (tertiary/aromatic N) is 1. The molecule has 2 aromatic rings. The van der Waals surface area contributed by atoms with E-state index >= 15 is 0 Å². The van der Waals surface area contributed by atoms with Gasteiger partial charge >= 0.3 is 0 Å². The molecule has 0 aliphatic heterocycles. The van der Waals surface area contributed by atoms with Gasteiger partial charge in [0.15, 0.2) is 0 Å². The molecule has 0 atom stereocenters. The highest BCUT2D eigenvalue weighted by Gasteiger charge is 2.08. The van der Waals surface area contributed by atoms with Crippen molar-refractivity contribution in [2.45, 2.75) is 19.8 Å². The highest BCUT2D eigenvalue weighted by molar-refractivity contribution is 7.14. The molecule has 0 aliphatic rings. The number of aromatic amines is 1. The van der Waals surface area contributed by atoms with Crippen molar-refractivity contribution in [2.24, 2.45) is 0 Å². The van der Waals surface area contributed by atoms with Crippen molar-refractivity contribution in [1.82, 2.24) is 15.5 Å². The van der Waals surface area contributed by atoms with Crippen LogP contribution in [0.3, 0.4) is 0 Å². The summed E-state index contributed by atoms with van der Waals surface area (Å²) in [4.78, 5) is 13.4. The Hall–Kier alpha value is -2.10. The lowest BCUT2D eigenvalue weighted by atomic mass is 10.1. The fraction of sp³-hybridized carbons (Fsp3) is 0.333. The zero-order valence-corrected chi connectivity index (χ0v) is 12.6. The Morgan fingerprint density at radius 2 is 2.38 bits per heavy atom. The third-order valence-corrected chi connectivity index (χ3v) is 3.96. The van der Waals surface area contributed by atoms with E-state index in [1.165, 1.54) is 16.9 Å². The monoisotopic (exact) mass is 303 g/mol. The molecule has 6 heteroatoms. The summed E-state index contributed by atoms with van der Waals surface area (Å²) in [6.45, 7) is 2.44. The van der Waals surface area contributed by atoms with Crippen LogP contribution in [0, 0.1) is 18.8 Å². The van der Waals surface area contributed by atoms with Crippen LogP contribution in [-0.2, 0) is 6.42 Å². The number of carbonyl (C=O) groups is 1. The van der Waals surface area contributed by atoms with Crippen molar-refractivity contribution in [1.29, 1.82) is 0 Å². The Morgan fingerprint density at radius 1 is 1.52 bits per heavy atom. The van der Waals surface area contributed by atoms with Crippen LogP contribution in [0.1, 0.15) is 32.2 Å². The summed E-state index contributed by atoms with van der Waals surface area (Å²) in [5, 5.41) is 18.4. The number of thiophene rings is 1. The van der Waals surface area contributed by atoms with E-state index in [9.17, 15) is 4.79 Å². The quantitative estimate of drug-likeness (QED) is 0.578. The fourth-order valence-electron chi connectivity index (χ4n) is 1.85. The average molecular weight is 303 g/mol. The van der Waals surface area contributed by atoms with E-state index < -0.39 is 0 Å². The molecular weight excluding hydrogens is 286 g/mol. The first kappa shape index (κ1) is 15.3. The van der Waals surface area contributed by atoms with Crippen molar-refractivity contribution in [3.63, 3.8) is 0 Å². The zero-order chi connectivity index (χ0) is 15.1. The Labute approximate surface area is 127 Å². The highest BCUT2D eigenvalue weighted by atomic mass is 32.1. The third kappa shape index (κ3) is 4.45. The van der Waals surface area contributed by atoms with Gasteiger partial charge in [-0.3, -0.25) is 9.89 Å². The lowest BCUT2D eigenvalue weighted by molar-refractivity contribution is 0.0957. The van der Waals surface area contributed by atoms with Gasteiger partial charge in [-0.25, -0.2) is 0 Å². The van der Waals surface area contributed by atoms with Gasteiger partial charge < -0.3 is 10.4 Å². The largest absolute Gasteiger partial charge is 0.384 e. The van der Waals surface area contributed by atoms with Gasteiger partial charge in [0.2, 0.25) is 0 Å². The van der Waals surface area contributed by atoms with Crippen molar-refractivity contribution >= 4 is 17.2 Å². The average Bonchev–Trinajstić information content (AvgIpc) is 3.10. The summed E-state index contributed by atoms with van der Waals surface area (Å²) >= 11 is 1.33. The fourth-order valence-corrected chi connectivity index (χ4v) is 2.65. The predicted molar refractivity (Wildman–Crippen MR) is 82.3 cm³/mol. The second-order valence-corrected chi connectivity index (χ2v) is 5.59. The number of aryl methyl sites for hydroxylation is 2. The minimum Gasteiger partial charge on any atom is -0.384 e. The molecule has 5 nitrogen and oxygen atoms in total. The summed E-state index contributed by atoms with van der Waals surface area (Å²) in [6.07, 6.45) is 3.58. The van der Waals surface area contributed by atoms with E-state index in [1.807, 2.05) is 13.1 Å². The smallest absolute Gasteiger partial charge is 0.261 e. The Balaban J connectivity index is 1.77. The van der Waals surface area contributed by atoms with Gasteiger partial charge in [-0.2, -0.15) is 5.10 Å². The molecule has 0 aliphatic carbocycles. The molecule has 0 saturated heterocycles. The second kappa shape index (κ2) is 7.62. The van der Waals surface area contributed by atoms with E-state index in [4.69, 9.17) is 5.11 Å². The number of hydrogen-bond acceptors (Lipinski definition) is 4. The van der Waals surface area contributed by atoms with E-state index in [-0.39, 0.29) is 12.5 Å². The number of amides is 1. The van der Waals surface area contributed by atoms with Crippen LogP contribution in [-0.4, -0.2) is 34.4 Å². The number of H-pyrrole nitrogens is 1. The van der Waals surface area contributed by atoms with Gasteiger partial charge in [0.05, 0.1) is 16.0 Å². The van der Waals surface area contributed by atoms with E-state index in [0.717, 1.165) is 23.4 Å². The lowest BCUT2D eigenvalue weighted by Gasteiger charge is -2.03. The Kier molecular flexibility index (Phi) is 5.55. The maximum absolute atomic E-state index is 11.9. The van der Waals surface area contributed by atoms with Crippen molar-refractivity contribution in [3.8, 4) is 11.8 Å². The number of aliphatic hydroxyl groups is 1. The van der Waals surface area contributed by atoms with Crippen molar-refractivity contribution < 1.29 is 9.90 Å². The molecule has 110 valence electrons. The van der Waals surface area contributed by atoms with Crippen molar-refractivity contribution in [3.05, 3.63) is 39.3 Å². The maximum Gasteiger partial charge on any atom is 0.261 e. The number of carbonyl (C=O) groups excluding carboxylic acids is 1. The molecule has 2 heterocycles. The van der Waals surface area contributed by atoms with Crippen LogP contribution < -0.4 is 5.32 Å². The zero-order valence-electron chi connectivity index (χ0n) is 11.8. The Morgan fingerprint density at radius 3 is 3.10 bits per heavy atom.